The smallest absolute Gasteiger partial charge is 0.410 e. The third-order valence-electron chi connectivity index (χ3n) is 10.4. The van der Waals surface area contributed by atoms with Crippen LogP contribution in [0, 0.1) is 22.7 Å². The molecule has 0 aromatic carbocycles. The largest absolute Gasteiger partial charge is 0.444 e. The second-order valence-corrected chi connectivity index (χ2v) is 16.4. The number of nitrogens with one attached hydrogen (secondary N) is 1. The van der Waals surface area contributed by atoms with Crippen LogP contribution in [0.4, 0.5) is 4.79 Å². The maximum absolute atomic E-state index is 12.3. The van der Waals surface area contributed by atoms with E-state index in [4.69, 9.17) is 14.2 Å². The molecule has 0 bridgehead atoms. The Kier molecular flexibility index (Phi) is 15.6. The highest BCUT2D eigenvalue weighted by atomic mass is 35.5. The number of halogens is 1. The molecule has 0 spiro atoms. The normalized spacial score (nSPS) is 23.6. The molecule has 1 N–H and O–H groups in total. The van der Waals surface area contributed by atoms with Gasteiger partial charge in [0.1, 0.15) is 5.60 Å². The molecule has 0 radical (unpaired) electrons. The number of likely N-dealkylation sites (tertiary alicyclic amines) is 1. The lowest BCUT2D eigenvalue weighted by atomic mass is 9.64. The van der Waals surface area contributed by atoms with Crippen molar-refractivity contribution in [2.45, 2.75) is 163 Å². The Bertz CT molecular complexity index is 780. The van der Waals surface area contributed by atoms with Crippen LogP contribution in [0.2, 0.25) is 0 Å². The molecule has 4 fully saturated rings. The first kappa shape index (κ1) is 38.6. The molecule has 1 amide bonds. The van der Waals surface area contributed by atoms with Crippen LogP contribution in [-0.4, -0.2) is 67.7 Å². The number of nitrogens with zero attached hydrogens (tertiary/aromatic N) is 1. The van der Waals surface area contributed by atoms with Gasteiger partial charge in [-0.15, -0.1) is 12.4 Å². The summed E-state index contributed by atoms with van der Waals surface area (Å²) in [5, 5.41) is 3.52. The van der Waals surface area contributed by atoms with Gasteiger partial charge >= 0.3 is 6.09 Å². The molecule has 0 aromatic rings. The van der Waals surface area contributed by atoms with Gasteiger partial charge in [-0.05, 0) is 143 Å². The molecule has 0 unspecified atom stereocenters. The number of piperidine rings is 2. The van der Waals surface area contributed by atoms with Crippen LogP contribution in [-0.2, 0) is 14.2 Å². The van der Waals surface area contributed by atoms with E-state index in [0.717, 1.165) is 51.0 Å². The first-order valence-electron chi connectivity index (χ1n) is 17.7. The van der Waals surface area contributed by atoms with Gasteiger partial charge in [-0.2, -0.15) is 0 Å². The molecular weight excluding hydrogens is 560 g/mol. The van der Waals surface area contributed by atoms with Crippen molar-refractivity contribution in [2.75, 3.05) is 39.4 Å². The van der Waals surface area contributed by atoms with Gasteiger partial charge in [-0.1, -0.05) is 38.5 Å². The predicted molar refractivity (Wildman–Crippen MR) is 181 cm³/mol. The summed E-state index contributed by atoms with van der Waals surface area (Å²) in [6, 6.07) is 0. The number of hydrogen-bond donors (Lipinski definition) is 1. The maximum atomic E-state index is 12.3. The molecule has 0 atom stereocenters. The zero-order chi connectivity index (χ0) is 30.9. The molecule has 43 heavy (non-hydrogen) atoms. The minimum Gasteiger partial charge on any atom is -0.444 e. The second-order valence-electron chi connectivity index (χ2n) is 16.4. The molecule has 2 saturated carbocycles. The Morgan fingerprint density at radius 1 is 0.744 bits per heavy atom. The SMILES string of the molecule is CC(C)(C)OCC1(C2CCCCC2)CCNCC1.CC(C)OCC1(C2CCCCC2)CCN(C(=O)OC(C)(C)C)CC1.Cl. The highest BCUT2D eigenvalue weighted by Gasteiger charge is 2.44. The van der Waals surface area contributed by atoms with Crippen molar-refractivity contribution in [3.05, 3.63) is 0 Å². The summed E-state index contributed by atoms with van der Waals surface area (Å²) >= 11 is 0. The van der Waals surface area contributed by atoms with E-state index in [0.29, 0.717) is 5.41 Å². The summed E-state index contributed by atoms with van der Waals surface area (Å²) in [4.78, 5) is 14.2. The summed E-state index contributed by atoms with van der Waals surface area (Å²) in [6.07, 6.45) is 18.8. The molecule has 7 heteroatoms. The van der Waals surface area contributed by atoms with Crippen LogP contribution in [0.25, 0.3) is 0 Å². The molecule has 4 rings (SSSR count). The van der Waals surface area contributed by atoms with E-state index in [1.165, 1.54) is 90.1 Å². The van der Waals surface area contributed by atoms with E-state index in [-0.39, 0.29) is 35.6 Å². The average molecular weight is 629 g/mol. The Morgan fingerprint density at radius 3 is 1.63 bits per heavy atom. The molecule has 4 aliphatic rings. The number of carbonyl (C=O) groups excluding carboxylic acids is 1. The Labute approximate surface area is 271 Å². The third-order valence-corrected chi connectivity index (χ3v) is 10.4. The molecule has 0 aromatic heterocycles. The van der Waals surface area contributed by atoms with Crippen molar-refractivity contribution in [2.24, 2.45) is 22.7 Å². The molecule has 6 nitrogen and oxygen atoms in total. The number of amides is 1. The summed E-state index contributed by atoms with van der Waals surface area (Å²) in [5.74, 6) is 1.67. The van der Waals surface area contributed by atoms with Gasteiger partial charge in [0.15, 0.2) is 0 Å². The van der Waals surface area contributed by atoms with Crippen LogP contribution < -0.4 is 5.32 Å². The van der Waals surface area contributed by atoms with E-state index in [2.05, 4.69) is 39.9 Å². The number of hydrogen-bond acceptors (Lipinski definition) is 5. The second kappa shape index (κ2) is 17.4. The summed E-state index contributed by atoms with van der Waals surface area (Å²) in [5.41, 5.74) is 0.310. The van der Waals surface area contributed by atoms with Gasteiger partial charge in [-0.25, -0.2) is 4.79 Å². The molecular formula is C36H69ClN2O4. The molecule has 254 valence electrons. The lowest BCUT2D eigenvalue weighted by molar-refractivity contribution is -0.0878. The Balaban J connectivity index is 0.000000304. The van der Waals surface area contributed by atoms with Crippen molar-refractivity contribution in [1.82, 2.24) is 10.2 Å². The quantitative estimate of drug-likeness (QED) is 0.304. The molecule has 2 aliphatic heterocycles. The fourth-order valence-corrected chi connectivity index (χ4v) is 7.85. The van der Waals surface area contributed by atoms with Crippen LogP contribution in [0.3, 0.4) is 0 Å². The van der Waals surface area contributed by atoms with Crippen LogP contribution in [0.1, 0.15) is 145 Å². The predicted octanol–water partition coefficient (Wildman–Crippen LogP) is 9.18. The van der Waals surface area contributed by atoms with Gasteiger partial charge in [0, 0.05) is 13.1 Å². The van der Waals surface area contributed by atoms with Gasteiger partial charge in [0.05, 0.1) is 24.9 Å². The average Bonchev–Trinajstić information content (AvgIpc) is 2.96. The topological polar surface area (TPSA) is 60.0 Å². The Hall–Kier alpha value is -0.560. The van der Waals surface area contributed by atoms with Crippen molar-refractivity contribution in [3.63, 3.8) is 0 Å². The summed E-state index contributed by atoms with van der Waals surface area (Å²) in [7, 11) is 0. The van der Waals surface area contributed by atoms with Crippen molar-refractivity contribution in [1.29, 1.82) is 0 Å². The molecule has 2 aliphatic carbocycles. The van der Waals surface area contributed by atoms with E-state index in [9.17, 15) is 4.79 Å². The molecule has 2 saturated heterocycles. The van der Waals surface area contributed by atoms with E-state index < -0.39 is 5.60 Å². The zero-order valence-corrected chi connectivity index (χ0v) is 30.2. The summed E-state index contributed by atoms with van der Waals surface area (Å²) in [6.45, 7) is 22.4. The number of ether oxygens (including phenoxy) is 3. The van der Waals surface area contributed by atoms with E-state index in [1.54, 1.807) is 0 Å². The minimum absolute atomic E-state index is 0. The van der Waals surface area contributed by atoms with Gasteiger partial charge < -0.3 is 24.4 Å². The number of rotatable bonds is 7. The summed E-state index contributed by atoms with van der Waals surface area (Å²) < 4.78 is 17.8. The fraction of sp³-hybridized carbons (Fsp3) is 0.972. The van der Waals surface area contributed by atoms with Gasteiger partial charge in [0.25, 0.3) is 0 Å². The van der Waals surface area contributed by atoms with Crippen molar-refractivity contribution >= 4 is 18.5 Å². The Morgan fingerprint density at radius 2 is 1.21 bits per heavy atom. The highest BCUT2D eigenvalue weighted by molar-refractivity contribution is 5.85. The van der Waals surface area contributed by atoms with E-state index >= 15 is 0 Å². The standard InChI is InChI=1S/C20H37NO3.C16H31NO.ClH/c1-16(2)23-15-20(17-9-7-6-8-10-17)11-13-21(14-12-20)18(22)24-19(3,4)5;1-15(2,3)18-13-16(9-11-17-12-10-16)14-7-5-4-6-8-14;/h16-17H,6-15H2,1-5H3;14,17H,4-13H2,1-3H3;1H. The van der Waals surface area contributed by atoms with E-state index in [1.807, 2.05) is 25.7 Å². The highest BCUT2D eigenvalue weighted by Crippen LogP contribution is 2.47. The fourth-order valence-electron chi connectivity index (χ4n) is 7.85. The number of carbonyl (C=O) groups is 1. The lowest BCUT2D eigenvalue weighted by Crippen LogP contribution is -2.50. The minimum atomic E-state index is -0.421. The molecule has 2 heterocycles. The first-order chi connectivity index (χ1) is 19.7. The zero-order valence-electron chi connectivity index (χ0n) is 29.4. The maximum Gasteiger partial charge on any atom is 0.410 e. The van der Waals surface area contributed by atoms with Gasteiger partial charge in [0.2, 0.25) is 0 Å². The lowest BCUT2D eigenvalue weighted by Gasteiger charge is -2.48. The van der Waals surface area contributed by atoms with Crippen LogP contribution >= 0.6 is 12.4 Å². The van der Waals surface area contributed by atoms with Crippen molar-refractivity contribution in [3.8, 4) is 0 Å². The van der Waals surface area contributed by atoms with Crippen LogP contribution in [0.15, 0.2) is 0 Å². The van der Waals surface area contributed by atoms with Crippen LogP contribution in [0.5, 0.6) is 0 Å². The van der Waals surface area contributed by atoms with Crippen molar-refractivity contribution < 1.29 is 19.0 Å². The third kappa shape index (κ3) is 12.6. The monoisotopic (exact) mass is 628 g/mol. The van der Waals surface area contributed by atoms with Gasteiger partial charge in [-0.3, -0.25) is 0 Å². The first-order valence-corrected chi connectivity index (χ1v) is 17.7.